The maximum absolute atomic E-state index is 12.2. The number of carbonyl (C=O) groups is 1. The van der Waals surface area contributed by atoms with E-state index in [1.807, 2.05) is 39.1 Å². The molecule has 1 aliphatic rings. The van der Waals surface area contributed by atoms with Crippen molar-refractivity contribution in [1.29, 1.82) is 0 Å². The number of anilines is 1. The molecule has 0 aliphatic carbocycles. The van der Waals surface area contributed by atoms with Crippen LogP contribution in [-0.4, -0.2) is 31.7 Å². The second kappa shape index (κ2) is 5.40. The second-order valence-electron chi connectivity index (χ2n) is 4.74. The van der Waals surface area contributed by atoms with Crippen molar-refractivity contribution < 1.29 is 9.53 Å². The molecule has 1 heterocycles. The number of nitrogens with one attached hydrogen (secondary N) is 2. The molecule has 1 aliphatic heterocycles. The molecule has 2 unspecified atom stereocenters. The highest BCUT2D eigenvalue weighted by Crippen LogP contribution is 2.19. The molecular weight excluding hydrogens is 228 g/mol. The van der Waals surface area contributed by atoms with Crippen molar-refractivity contribution in [2.24, 2.45) is 0 Å². The van der Waals surface area contributed by atoms with Crippen LogP contribution in [0.15, 0.2) is 18.2 Å². The maximum Gasteiger partial charge on any atom is 0.253 e. The molecule has 0 bridgehead atoms. The third kappa shape index (κ3) is 2.64. The predicted octanol–water partition coefficient (Wildman–Crippen LogP) is 1.94. The lowest BCUT2D eigenvalue weighted by atomic mass is 10.1. The molecule has 0 radical (unpaired) electrons. The SMILES string of the molecule is CNc1cc(C)ccc1C(=O)NC1CCOC1C. The number of ether oxygens (including phenoxy) is 1. The first-order chi connectivity index (χ1) is 8.61. The van der Waals surface area contributed by atoms with Crippen LogP contribution in [-0.2, 0) is 4.74 Å². The average Bonchev–Trinajstić information content (AvgIpc) is 2.74. The fourth-order valence-electron chi connectivity index (χ4n) is 2.23. The monoisotopic (exact) mass is 248 g/mol. The van der Waals surface area contributed by atoms with Crippen molar-refractivity contribution in [3.05, 3.63) is 29.3 Å². The Morgan fingerprint density at radius 1 is 1.44 bits per heavy atom. The largest absolute Gasteiger partial charge is 0.387 e. The zero-order valence-electron chi connectivity index (χ0n) is 11.1. The second-order valence-corrected chi connectivity index (χ2v) is 4.74. The molecule has 1 aromatic carbocycles. The molecule has 4 heteroatoms. The van der Waals surface area contributed by atoms with Gasteiger partial charge < -0.3 is 15.4 Å². The first kappa shape index (κ1) is 12.9. The standard InChI is InChI=1S/C14H20N2O2/c1-9-4-5-11(13(8-9)15-3)14(17)16-12-6-7-18-10(12)2/h4-5,8,10,12,15H,6-7H2,1-3H3,(H,16,17). The van der Waals surface area contributed by atoms with Crippen LogP contribution < -0.4 is 10.6 Å². The summed E-state index contributed by atoms with van der Waals surface area (Å²) in [5.41, 5.74) is 2.68. The normalized spacial score (nSPS) is 22.8. The number of carbonyl (C=O) groups excluding carboxylic acids is 1. The first-order valence-electron chi connectivity index (χ1n) is 6.32. The van der Waals surface area contributed by atoms with Crippen molar-refractivity contribution in [3.8, 4) is 0 Å². The molecule has 2 N–H and O–H groups in total. The van der Waals surface area contributed by atoms with Gasteiger partial charge in [-0.05, 0) is 38.0 Å². The summed E-state index contributed by atoms with van der Waals surface area (Å²) >= 11 is 0. The summed E-state index contributed by atoms with van der Waals surface area (Å²) in [6.45, 7) is 4.72. The molecule has 4 nitrogen and oxygen atoms in total. The Morgan fingerprint density at radius 3 is 2.83 bits per heavy atom. The van der Waals surface area contributed by atoms with Crippen LogP contribution in [0.4, 0.5) is 5.69 Å². The van der Waals surface area contributed by atoms with E-state index in [1.165, 1.54) is 0 Å². The molecular formula is C14H20N2O2. The van der Waals surface area contributed by atoms with Gasteiger partial charge in [-0.1, -0.05) is 6.07 Å². The van der Waals surface area contributed by atoms with Crippen LogP contribution >= 0.6 is 0 Å². The molecule has 0 aromatic heterocycles. The Kier molecular flexibility index (Phi) is 3.87. The Labute approximate surface area is 108 Å². The lowest BCUT2D eigenvalue weighted by molar-refractivity contribution is 0.0867. The Balaban J connectivity index is 2.13. The lowest BCUT2D eigenvalue weighted by Crippen LogP contribution is -2.39. The molecule has 0 spiro atoms. The fraction of sp³-hybridized carbons (Fsp3) is 0.500. The van der Waals surface area contributed by atoms with Crippen molar-refractivity contribution >= 4 is 11.6 Å². The van der Waals surface area contributed by atoms with E-state index in [2.05, 4.69) is 10.6 Å². The van der Waals surface area contributed by atoms with Gasteiger partial charge in [0.2, 0.25) is 0 Å². The zero-order valence-corrected chi connectivity index (χ0v) is 11.1. The summed E-state index contributed by atoms with van der Waals surface area (Å²) < 4.78 is 5.45. The van der Waals surface area contributed by atoms with Gasteiger partial charge in [0, 0.05) is 19.3 Å². The van der Waals surface area contributed by atoms with Gasteiger partial charge in [-0.15, -0.1) is 0 Å². The molecule has 1 aromatic rings. The third-order valence-electron chi connectivity index (χ3n) is 3.38. The van der Waals surface area contributed by atoms with Gasteiger partial charge in [0.05, 0.1) is 17.7 Å². The summed E-state index contributed by atoms with van der Waals surface area (Å²) in [7, 11) is 1.83. The minimum atomic E-state index is -0.0401. The van der Waals surface area contributed by atoms with E-state index in [1.54, 1.807) is 0 Å². The number of rotatable bonds is 3. The van der Waals surface area contributed by atoms with E-state index in [0.717, 1.165) is 24.3 Å². The van der Waals surface area contributed by atoms with Crippen molar-refractivity contribution in [2.45, 2.75) is 32.4 Å². The lowest BCUT2D eigenvalue weighted by Gasteiger charge is -2.17. The van der Waals surface area contributed by atoms with Crippen LogP contribution in [0, 0.1) is 6.92 Å². The van der Waals surface area contributed by atoms with Crippen LogP contribution in [0.5, 0.6) is 0 Å². The van der Waals surface area contributed by atoms with E-state index in [4.69, 9.17) is 4.74 Å². The molecule has 1 saturated heterocycles. The Morgan fingerprint density at radius 2 is 2.22 bits per heavy atom. The Bertz CT molecular complexity index is 445. The van der Waals surface area contributed by atoms with Gasteiger partial charge in [-0.2, -0.15) is 0 Å². The molecule has 18 heavy (non-hydrogen) atoms. The van der Waals surface area contributed by atoms with E-state index in [0.29, 0.717) is 5.56 Å². The van der Waals surface area contributed by atoms with Crippen LogP contribution in [0.3, 0.4) is 0 Å². The molecule has 1 amide bonds. The van der Waals surface area contributed by atoms with Crippen molar-refractivity contribution in [2.75, 3.05) is 19.0 Å². The number of hydrogen-bond donors (Lipinski definition) is 2. The summed E-state index contributed by atoms with van der Waals surface area (Å²) in [6, 6.07) is 5.90. The topological polar surface area (TPSA) is 50.4 Å². The number of benzene rings is 1. The van der Waals surface area contributed by atoms with E-state index >= 15 is 0 Å². The minimum absolute atomic E-state index is 0.0401. The Hall–Kier alpha value is -1.55. The molecule has 2 atom stereocenters. The van der Waals surface area contributed by atoms with Crippen molar-refractivity contribution in [1.82, 2.24) is 5.32 Å². The summed E-state index contributed by atoms with van der Waals surface area (Å²) in [5.74, 6) is -0.0401. The van der Waals surface area contributed by atoms with Gasteiger partial charge in [0.25, 0.3) is 5.91 Å². The smallest absolute Gasteiger partial charge is 0.253 e. The van der Waals surface area contributed by atoms with Gasteiger partial charge >= 0.3 is 0 Å². The van der Waals surface area contributed by atoms with Crippen molar-refractivity contribution in [3.63, 3.8) is 0 Å². The average molecular weight is 248 g/mol. The molecule has 1 fully saturated rings. The fourth-order valence-corrected chi connectivity index (χ4v) is 2.23. The zero-order chi connectivity index (χ0) is 13.1. The summed E-state index contributed by atoms with van der Waals surface area (Å²) in [6.07, 6.45) is 0.977. The highest BCUT2D eigenvalue weighted by atomic mass is 16.5. The highest BCUT2D eigenvalue weighted by Gasteiger charge is 2.26. The van der Waals surface area contributed by atoms with E-state index in [-0.39, 0.29) is 18.1 Å². The number of aryl methyl sites for hydroxylation is 1. The first-order valence-corrected chi connectivity index (χ1v) is 6.32. The minimum Gasteiger partial charge on any atom is -0.387 e. The summed E-state index contributed by atoms with van der Waals surface area (Å²) in [4.78, 5) is 12.2. The molecule has 2 rings (SSSR count). The summed E-state index contributed by atoms with van der Waals surface area (Å²) in [5, 5.41) is 6.10. The van der Waals surface area contributed by atoms with E-state index < -0.39 is 0 Å². The molecule has 98 valence electrons. The van der Waals surface area contributed by atoms with Gasteiger partial charge in [0.1, 0.15) is 0 Å². The van der Waals surface area contributed by atoms with Gasteiger partial charge in [0.15, 0.2) is 0 Å². The van der Waals surface area contributed by atoms with Crippen LogP contribution in [0.1, 0.15) is 29.3 Å². The molecule has 0 saturated carbocycles. The highest BCUT2D eigenvalue weighted by molar-refractivity contribution is 5.99. The maximum atomic E-state index is 12.2. The number of hydrogen-bond acceptors (Lipinski definition) is 3. The van der Waals surface area contributed by atoms with Crippen LogP contribution in [0.25, 0.3) is 0 Å². The van der Waals surface area contributed by atoms with Gasteiger partial charge in [-0.3, -0.25) is 4.79 Å². The van der Waals surface area contributed by atoms with Gasteiger partial charge in [-0.25, -0.2) is 0 Å². The number of amides is 1. The third-order valence-corrected chi connectivity index (χ3v) is 3.38. The van der Waals surface area contributed by atoms with E-state index in [9.17, 15) is 4.79 Å². The van der Waals surface area contributed by atoms with Crippen LogP contribution in [0.2, 0.25) is 0 Å². The predicted molar refractivity (Wildman–Crippen MR) is 72.0 cm³/mol. The quantitative estimate of drug-likeness (QED) is 0.859.